The summed E-state index contributed by atoms with van der Waals surface area (Å²) in [5.74, 6) is -3.06. The Kier molecular flexibility index (Phi) is 4.82. The molecule has 29 heavy (non-hydrogen) atoms. The normalized spacial score (nSPS) is 26.3. The Balaban J connectivity index is 1.56. The third-order valence-corrected chi connectivity index (χ3v) is 6.03. The predicted octanol–water partition coefficient (Wildman–Crippen LogP) is -0.213. The summed E-state index contributed by atoms with van der Waals surface area (Å²) in [6, 6.07) is 6.77. The van der Waals surface area contributed by atoms with Gasteiger partial charge in [-0.15, -0.1) is 5.10 Å². The lowest BCUT2D eigenvalue weighted by Crippen LogP contribution is -2.34. The molecule has 4 atom stereocenters. The Morgan fingerprint density at radius 2 is 1.76 bits per heavy atom. The molecule has 0 spiro atoms. The van der Waals surface area contributed by atoms with Gasteiger partial charge in [-0.3, -0.25) is 4.18 Å². The maximum atomic E-state index is 12.4. The third kappa shape index (κ3) is 3.37. The van der Waals surface area contributed by atoms with E-state index in [9.17, 15) is 23.1 Å². The molecule has 0 amide bonds. The number of rotatable bonds is 6. The van der Waals surface area contributed by atoms with Gasteiger partial charge in [0, 0.05) is 0 Å². The van der Waals surface area contributed by atoms with Crippen LogP contribution in [0.4, 0.5) is 0 Å². The molecule has 0 saturated carbocycles. The predicted molar refractivity (Wildman–Crippen MR) is 91.0 cm³/mol. The molecule has 13 heteroatoms. The fourth-order valence-corrected chi connectivity index (χ4v) is 4.50. The van der Waals surface area contributed by atoms with E-state index in [0.717, 1.165) is 4.68 Å². The molecule has 4 unspecified atom stereocenters. The van der Waals surface area contributed by atoms with Crippen molar-refractivity contribution in [1.29, 1.82) is 0 Å². The number of carboxylic acid groups (broad SMARTS) is 2. The van der Waals surface area contributed by atoms with Gasteiger partial charge in [0.2, 0.25) is 5.69 Å². The van der Waals surface area contributed by atoms with Crippen LogP contribution in [0.15, 0.2) is 35.2 Å². The van der Waals surface area contributed by atoms with Crippen LogP contribution in [0.25, 0.3) is 0 Å². The summed E-state index contributed by atoms with van der Waals surface area (Å²) >= 11 is 0. The van der Waals surface area contributed by atoms with Crippen molar-refractivity contribution in [2.75, 3.05) is 13.2 Å². The number of nitrogens with zero attached hydrogens (tertiary/aromatic N) is 3. The molecular formula is C16H15N3O9S. The quantitative estimate of drug-likeness (QED) is 0.587. The molecule has 2 aromatic rings. The van der Waals surface area contributed by atoms with Gasteiger partial charge < -0.3 is 19.7 Å². The molecule has 154 valence electrons. The highest BCUT2D eigenvalue weighted by molar-refractivity contribution is 7.86. The summed E-state index contributed by atoms with van der Waals surface area (Å²) in [5.41, 5.74) is -1.32. The monoisotopic (exact) mass is 425 g/mol. The molecule has 0 radical (unpaired) electrons. The van der Waals surface area contributed by atoms with Crippen LogP contribution in [0, 0.1) is 0 Å². The van der Waals surface area contributed by atoms with E-state index < -0.39 is 57.8 Å². The van der Waals surface area contributed by atoms with E-state index in [1.54, 1.807) is 18.2 Å². The number of hydrogen-bond acceptors (Lipinski definition) is 9. The number of benzene rings is 1. The SMILES string of the molecule is O=C(O)c1nnn(C2COC3C(OS(=O)(=O)c4ccccc4)COC32)c1C(=O)O. The number of hydrogen-bond donors (Lipinski definition) is 2. The molecule has 3 heterocycles. The van der Waals surface area contributed by atoms with Crippen molar-refractivity contribution in [1.82, 2.24) is 15.0 Å². The minimum atomic E-state index is -4.06. The van der Waals surface area contributed by atoms with E-state index in [2.05, 4.69) is 10.3 Å². The first kappa shape index (κ1) is 19.4. The summed E-state index contributed by atoms with van der Waals surface area (Å²) in [6.45, 7) is -0.190. The highest BCUT2D eigenvalue weighted by Crippen LogP contribution is 2.37. The molecule has 4 rings (SSSR count). The lowest BCUT2D eigenvalue weighted by atomic mass is 10.1. The van der Waals surface area contributed by atoms with Crippen molar-refractivity contribution in [2.45, 2.75) is 29.2 Å². The standard InChI is InChI=1S/C16H15N3O9S/c20-15(21)11-12(16(22)23)19(18-17-11)9-6-26-14-10(7-27-13(9)14)28-29(24,25)8-4-2-1-3-5-8/h1-5,9-10,13-14H,6-7H2,(H,20,21)(H,22,23). The van der Waals surface area contributed by atoms with Crippen molar-refractivity contribution in [3.05, 3.63) is 41.7 Å². The molecule has 2 N–H and O–H groups in total. The molecule has 2 aliphatic heterocycles. The zero-order chi connectivity index (χ0) is 20.8. The molecule has 0 aliphatic carbocycles. The fraction of sp³-hybridized carbons (Fsp3) is 0.375. The second-order valence-corrected chi connectivity index (χ2v) is 7.98. The summed E-state index contributed by atoms with van der Waals surface area (Å²) in [4.78, 5) is 22.7. The lowest BCUT2D eigenvalue weighted by Gasteiger charge is -2.17. The molecule has 12 nitrogen and oxygen atoms in total. The van der Waals surface area contributed by atoms with Crippen molar-refractivity contribution < 1.29 is 41.9 Å². The Morgan fingerprint density at radius 3 is 2.41 bits per heavy atom. The zero-order valence-corrected chi connectivity index (χ0v) is 15.4. The second kappa shape index (κ2) is 7.18. The number of aromatic carboxylic acids is 2. The maximum absolute atomic E-state index is 12.4. The van der Waals surface area contributed by atoms with E-state index in [4.69, 9.17) is 18.8 Å². The average Bonchev–Trinajstić information content (AvgIpc) is 3.37. The van der Waals surface area contributed by atoms with E-state index in [1.165, 1.54) is 12.1 Å². The van der Waals surface area contributed by atoms with Crippen molar-refractivity contribution in [3.8, 4) is 0 Å². The number of aromatic nitrogens is 3. The van der Waals surface area contributed by atoms with Gasteiger partial charge >= 0.3 is 11.9 Å². The lowest BCUT2D eigenvalue weighted by molar-refractivity contribution is 0.0323. The minimum absolute atomic E-state index is 0.0199. The zero-order valence-electron chi connectivity index (χ0n) is 14.6. The Hall–Kier alpha value is -2.87. The number of carboxylic acids is 2. The van der Waals surface area contributed by atoms with Gasteiger partial charge in [-0.25, -0.2) is 14.3 Å². The second-order valence-electron chi connectivity index (χ2n) is 6.41. The van der Waals surface area contributed by atoms with Gasteiger partial charge in [-0.2, -0.15) is 8.42 Å². The summed E-state index contributed by atoms with van der Waals surface area (Å²) in [5, 5.41) is 25.5. The Bertz CT molecular complexity index is 1050. The third-order valence-electron chi connectivity index (χ3n) is 4.68. The smallest absolute Gasteiger partial charge is 0.359 e. The maximum Gasteiger partial charge on any atom is 0.359 e. The summed E-state index contributed by atoms with van der Waals surface area (Å²) < 4.78 is 42.3. The molecule has 1 aromatic carbocycles. The van der Waals surface area contributed by atoms with Crippen LogP contribution < -0.4 is 0 Å². The van der Waals surface area contributed by atoms with Gasteiger partial charge in [0.1, 0.15) is 24.4 Å². The van der Waals surface area contributed by atoms with Crippen LogP contribution in [0.1, 0.15) is 27.0 Å². The average molecular weight is 425 g/mol. The number of ether oxygens (including phenoxy) is 2. The molecule has 0 bridgehead atoms. The number of fused-ring (bicyclic) bond motifs is 1. The van der Waals surface area contributed by atoms with Crippen LogP contribution in [-0.4, -0.2) is 77.1 Å². The topological polar surface area (TPSA) is 167 Å². The van der Waals surface area contributed by atoms with Crippen LogP contribution in [0.2, 0.25) is 0 Å². The highest BCUT2D eigenvalue weighted by Gasteiger charge is 2.52. The van der Waals surface area contributed by atoms with Crippen LogP contribution in [-0.2, 0) is 23.8 Å². The Labute approximate surface area is 163 Å². The van der Waals surface area contributed by atoms with Crippen LogP contribution in [0.5, 0.6) is 0 Å². The van der Waals surface area contributed by atoms with Gasteiger partial charge in [0.25, 0.3) is 10.1 Å². The van der Waals surface area contributed by atoms with Crippen molar-refractivity contribution in [2.24, 2.45) is 0 Å². The van der Waals surface area contributed by atoms with Gasteiger partial charge in [0.15, 0.2) is 5.69 Å². The fourth-order valence-electron chi connectivity index (χ4n) is 3.41. The Morgan fingerprint density at radius 1 is 1.07 bits per heavy atom. The molecular weight excluding hydrogens is 410 g/mol. The minimum Gasteiger partial charge on any atom is -0.476 e. The molecule has 2 fully saturated rings. The van der Waals surface area contributed by atoms with Crippen molar-refractivity contribution >= 4 is 22.1 Å². The van der Waals surface area contributed by atoms with Gasteiger partial charge in [-0.1, -0.05) is 23.4 Å². The van der Waals surface area contributed by atoms with Crippen molar-refractivity contribution in [3.63, 3.8) is 0 Å². The number of carbonyl (C=O) groups is 2. The summed E-state index contributed by atoms with van der Waals surface area (Å²) in [6.07, 6.45) is -2.55. The first-order valence-corrected chi connectivity index (χ1v) is 9.83. The molecule has 2 aliphatic rings. The van der Waals surface area contributed by atoms with E-state index in [0.29, 0.717) is 0 Å². The highest BCUT2D eigenvalue weighted by atomic mass is 32.2. The summed E-state index contributed by atoms with van der Waals surface area (Å²) in [7, 11) is -4.06. The first-order chi connectivity index (χ1) is 13.8. The largest absolute Gasteiger partial charge is 0.476 e. The van der Waals surface area contributed by atoms with Gasteiger partial charge in [0.05, 0.1) is 18.1 Å². The van der Waals surface area contributed by atoms with Crippen LogP contribution in [0.3, 0.4) is 0 Å². The van der Waals surface area contributed by atoms with E-state index in [-0.39, 0.29) is 18.1 Å². The van der Waals surface area contributed by atoms with Gasteiger partial charge in [-0.05, 0) is 12.1 Å². The van der Waals surface area contributed by atoms with E-state index in [1.807, 2.05) is 0 Å². The molecule has 1 aromatic heterocycles. The first-order valence-electron chi connectivity index (χ1n) is 8.43. The van der Waals surface area contributed by atoms with Crippen LogP contribution >= 0.6 is 0 Å². The molecule has 2 saturated heterocycles. The van der Waals surface area contributed by atoms with E-state index >= 15 is 0 Å².